The molecule has 1 fully saturated rings. The van der Waals surface area contributed by atoms with Crippen LogP contribution >= 0.6 is 15.9 Å². The van der Waals surface area contributed by atoms with Crippen molar-refractivity contribution in [2.75, 3.05) is 29.9 Å². The number of rotatable bonds is 5. The van der Waals surface area contributed by atoms with Crippen molar-refractivity contribution in [1.82, 2.24) is 5.32 Å². The number of hydrogen-bond acceptors (Lipinski definition) is 3. The van der Waals surface area contributed by atoms with E-state index >= 15 is 0 Å². The van der Waals surface area contributed by atoms with Gasteiger partial charge in [-0.3, -0.25) is 9.59 Å². The number of piperidine rings is 1. The first-order chi connectivity index (χ1) is 12.6. The van der Waals surface area contributed by atoms with E-state index in [4.69, 9.17) is 0 Å². The molecule has 1 aliphatic heterocycles. The Hall–Kier alpha value is -2.34. The second-order valence-corrected chi connectivity index (χ2v) is 7.22. The van der Waals surface area contributed by atoms with Gasteiger partial charge in [-0.25, -0.2) is 0 Å². The van der Waals surface area contributed by atoms with Crippen molar-refractivity contribution < 1.29 is 9.59 Å². The average molecular weight is 416 g/mol. The summed E-state index contributed by atoms with van der Waals surface area (Å²) in [5, 5.41) is 5.58. The summed E-state index contributed by atoms with van der Waals surface area (Å²) in [4.78, 5) is 26.7. The molecule has 2 N–H and O–H groups in total. The largest absolute Gasteiger partial charge is 0.370 e. The highest BCUT2D eigenvalue weighted by atomic mass is 79.9. The maximum absolute atomic E-state index is 12.3. The second-order valence-electron chi connectivity index (χ2n) is 6.31. The number of carbonyl (C=O) groups is 2. The molecule has 0 aromatic heterocycles. The van der Waals surface area contributed by atoms with Gasteiger partial charge in [0.25, 0.3) is 5.91 Å². The van der Waals surface area contributed by atoms with Gasteiger partial charge >= 0.3 is 0 Å². The van der Waals surface area contributed by atoms with Gasteiger partial charge in [-0.2, -0.15) is 0 Å². The topological polar surface area (TPSA) is 61.4 Å². The molecular formula is C20H22BrN3O2. The van der Waals surface area contributed by atoms with Crippen molar-refractivity contribution in [3.8, 4) is 0 Å². The average Bonchev–Trinajstić information content (AvgIpc) is 2.67. The summed E-state index contributed by atoms with van der Waals surface area (Å²) >= 11 is 3.34. The second kappa shape index (κ2) is 8.85. The van der Waals surface area contributed by atoms with Crippen LogP contribution in [0.4, 0.5) is 11.4 Å². The van der Waals surface area contributed by atoms with Crippen molar-refractivity contribution in [2.45, 2.75) is 19.3 Å². The number of hydrogen-bond donors (Lipinski definition) is 2. The predicted octanol–water partition coefficient (Wildman–Crippen LogP) is 3.81. The fraction of sp³-hybridized carbons (Fsp3) is 0.300. The lowest BCUT2D eigenvalue weighted by atomic mass is 10.1. The summed E-state index contributed by atoms with van der Waals surface area (Å²) in [6.45, 7) is 1.94. The van der Waals surface area contributed by atoms with Gasteiger partial charge < -0.3 is 15.5 Å². The highest BCUT2D eigenvalue weighted by molar-refractivity contribution is 9.10. The van der Waals surface area contributed by atoms with E-state index in [9.17, 15) is 9.59 Å². The predicted molar refractivity (Wildman–Crippen MR) is 108 cm³/mol. The molecule has 2 aromatic carbocycles. The molecule has 0 aliphatic carbocycles. The minimum Gasteiger partial charge on any atom is -0.370 e. The smallest absolute Gasteiger partial charge is 0.251 e. The minimum absolute atomic E-state index is 0.0698. The number of para-hydroxylation sites is 2. The van der Waals surface area contributed by atoms with E-state index in [-0.39, 0.29) is 18.4 Å². The zero-order valence-corrected chi connectivity index (χ0v) is 16.1. The van der Waals surface area contributed by atoms with Gasteiger partial charge in [0.15, 0.2) is 0 Å². The van der Waals surface area contributed by atoms with Gasteiger partial charge in [0.1, 0.15) is 0 Å². The Balaban J connectivity index is 1.59. The van der Waals surface area contributed by atoms with E-state index in [1.807, 2.05) is 30.3 Å². The monoisotopic (exact) mass is 415 g/mol. The molecule has 136 valence electrons. The van der Waals surface area contributed by atoms with Crippen LogP contribution in [0.2, 0.25) is 0 Å². The molecule has 2 aromatic rings. The molecule has 5 nitrogen and oxygen atoms in total. The highest BCUT2D eigenvalue weighted by Crippen LogP contribution is 2.28. The summed E-state index contributed by atoms with van der Waals surface area (Å²) in [6, 6.07) is 14.9. The number of nitrogens with zero attached hydrogens (tertiary/aromatic N) is 1. The van der Waals surface area contributed by atoms with Crippen molar-refractivity contribution in [2.24, 2.45) is 0 Å². The first-order valence-electron chi connectivity index (χ1n) is 8.81. The number of halogens is 1. The quantitative estimate of drug-likeness (QED) is 0.780. The van der Waals surface area contributed by atoms with Gasteiger partial charge in [0.2, 0.25) is 5.91 Å². The third-order valence-electron chi connectivity index (χ3n) is 4.37. The van der Waals surface area contributed by atoms with Crippen LogP contribution in [0.5, 0.6) is 0 Å². The van der Waals surface area contributed by atoms with Gasteiger partial charge in [-0.15, -0.1) is 0 Å². The van der Waals surface area contributed by atoms with Crippen LogP contribution in [0.1, 0.15) is 29.6 Å². The number of anilines is 2. The fourth-order valence-electron chi connectivity index (χ4n) is 3.08. The van der Waals surface area contributed by atoms with Crippen LogP contribution < -0.4 is 15.5 Å². The van der Waals surface area contributed by atoms with Gasteiger partial charge in [0.05, 0.1) is 17.9 Å². The Morgan fingerprint density at radius 2 is 1.77 bits per heavy atom. The van der Waals surface area contributed by atoms with E-state index in [1.54, 1.807) is 18.2 Å². The van der Waals surface area contributed by atoms with Crippen LogP contribution in [0.15, 0.2) is 53.0 Å². The van der Waals surface area contributed by atoms with Crippen molar-refractivity contribution >= 4 is 39.1 Å². The number of carbonyl (C=O) groups excluding carboxylic acids is 2. The normalized spacial score (nSPS) is 14.0. The summed E-state index contributed by atoms with van der Waals surface area (Å²) < 4.78 is 0.824. The minimum atomic E-state index is -0.272. The molecular weight excluding hydrogens is 394 g/mol. The van der Waals surface area contributed by atoms with Crippen LogP contribution in [-0.4, -0.2) is 31.4 Å². The van der Waals surface area contributed by atoms with E-state index in [2.05, 4.69) is 31.5 Å². The third-order valence-corrected chi connectivity index (χ3v) is 4.86. The zero-order chi connectivity index (χ0) is 18.4. The van der Waals surface area contributed by atoms with Crippen LogP contribution in [0.25, 0.3) is 0 Å². The fourth-order valence-corrected chi connectivity index (χ4v) is 3.48. The molecule has 1 aliphatic rings. The Morgan fingerprint density at radius 1 is 1.00 bits per heavy atom. The van der Waals surface area contributed by atoms with E-state index in [0.29, 0.717) is 5.56 Å². The summed E-state index contributed by atoms with van der Waals surface area (Å²) in [6.07, 6.45) is 3.60. The van der Waals surface area contributed by atoms with Crippen LogP contribution in [0, 0.1) is 0 Å². The van der Waals surface area contributed by atoms with E-state index < -0.39 is 0 Å². The van der Waals surface area contributed by atoms with Crippen molar-refractivity contribution in [3.63, 3.8) is 0 Å². The molecule has 0 atom stereocenters. The summed E-state index contributed by atoms with van der Waals surface area (Å²) in [5.74, 6) is -0.511. The molecule has 1 heterocycles. The Morgan fingerprint density at radius 3 is 2.54 bits per heavy atom. The first kappa shape index (κ1) is 18.5. The summed E-state index contributed by atoms with van der Waals surface area (Å²) in [5.41, 5.74) is 2.34. The SMILES string of the molecule is O=C(CNC(=O)c1cccc(Br)c1)Nc1ccccc1N1CCCCC1. The van der Waals surface area contributed by atoms with E-state index in [1.165, 1.54) is 19.3 Å². The lowest BCUT2D eigenvalue weighted by Gasteiger charge is -2.30. The Bertz CT molecular complexity index is 788. The third kappa shape index (κ3) is 4.85. The number of benzene rings is 2. The molecule has 6 heteroatoms. The maximum Gasteiger partial charge on any atom is 0.251 e. The Labute approximate surface area is 161 Å². The number of amides is 2. The van der Waals surface area contributed by atoms with Gasteiger partial charge in [-0.05, 0) is 49.6 Å². The molecule has 0 bridgehead atoms. The molecule has 2 amide bonds. The molecule has 0 spiro atoms. The molecule has 1 saturated heterocycles. The molecule has 26 heavy (non-hydrogen) atoms. The summed E-state index contributed by atoms with van der Waals surface area (Å²) in [7, 11) is 0. The van der Waals surface area contributed by atoms with Gasteiger partial charge in [0, 0.05) is 23.1 Å². The van der Waals surface area contributed by atoms with Crippen molar-refractivity contribution in [3.05, 3.63) is 58.6 Å². The molecule has 3 rings (SSSR count). The lowest BCUT2D eigenvalue weighted by Crippen LogP contribution is -2.34. The van der Waals surface area contributed by atoms with Crippen LogP contribution in [-0.2, 0) is 4.79 Å². The lowest BCUT2D eigenvalue weighted by molar-refractivity contribution is -0.115. The highest BCUT2D eigenvalue weighted by Gasteiger charge is 2.16. The first-order valence-corrected chi connectivity index (χ1v) is 9.60. The van der Waals surface area contributed by atoms with Crippen LogP contribution in [0.3, 0.4) is 0 Å². The van der Waals surface area contributed by atoms with E-state index in [0.717, 1.165) is 28.9 Å². The number of nitrogens with one attached hydrogen (secondary N) is 2. The standard InChI is InChI=1S/C20H22BrN3O2/c21-16-8-6-7-15(13-16)20(26)22-14-19(25)23-17-9-2-3-10-18(17)24-11-4-1-5-12-24/h2-3,6-10,13H,1,4-5,11-12,14H2,(H,22,26)(H,23,25). The Kier molecular flexibility index (Phi) is 6.28. The zero-order valence-electron chi connectivity index (χ0n) is 14.5. The molecule has 0 unspecified atom stereocenters. The van der Waals surface area contributed by atoms with Gasteiger partial charge in [-0.1, -0.05) is 34.1 Å². The molecule has 0 radical (unpaired) electrons. The van der Waals surface area contributed by atoms with Crippen molar-refractivity contribution in [1.29, 1.82) is 0 Å². The molecule has 0 saturated carbocycles. The maximum atomic E-state index is 12.3.